The van der Waals surface area contributed by atoms with Crippen molar-refractivity contribution in [1.82, 2.24) is 0 Å². The largest absolute Gasteiger partial charge is 0.634 e. The Morgan fingerprint density at radius 1 is 1.16 bits per heavy atom. The molecule has 1 atom stereocenters. The smallest absolute Gasteiger partial charge is 0.497 e. The van der Waals surface area contributed by atoms with E-state index < -0.39 is 7.32 Å². The molecule has 0 aliphatic rings. The van der Waals surface area contributed by atoms with Gasteiger partial charge in [0.1, 0.15) is 5.75 Å². The summed E-state index contributed by atoms with van der Waals surface area (Å²) in [5.41, 5.74) is 1.02. The van der Waals surface area contributed by atoms with E-state index in [2.05, 4.69) is 0 Å². The molecular formula is C13H21BO5. The molecule has 0 spiro atoms. The zero-order valence-corrected chi connectivity index (χ0v) is 11.6. The molecule has 0 fully saturated rings. The molecule has 0 saturated heterocycles. The average Bonchev–Trinajstić information content (AvgIpc) is 2.37. The van der Waals surface area contributed by atoms with Crippen molar-refractivity contribution >= 4 is 7.32 Å². The van der Waals surface area contributed by atoms with Gasteiger partial charge in [-0.15, -0.1) is 0 Å². The Hall–Kier alpha value is -1.08. The monoisotopic (exact) mass is 268 g/mol. The summed E-state index contributed by atoms with van der Waals surface area (Å²) in [5, 5.41) is 17.6. The van der Waals surface area contributed by atoms with Crippen LogP contribution in [0.4, 0.5) is 0 Å². The van der Waals surface area contributed by atoms with E-state index in [1.54, 1.807) is 7.11 Å². The van der Waals surface area contributed by atoms with Crippen molar-refractivity contribution < 1.29 is 24.2 Å². The third-order valence-electron chi connectivity index (χ3n) is 2.75. The number of benzene rings is 1. The summed E-state index contributed by atoms with van der Waals surface area (Å²) in [5.74, 6) is 0.938. The van der Waals surface area contributed by atoms with Gasteiger partial charge in [-0.1, -0.05) is 26.0 Å². The van der Waals surface area contributed by atoms with Crippen molar-refractivity contribution in [3.63, 3.8) is 0 Å². The van der Waals surface area contributed by atoms with Crippen molar-refractivity contribution in [2.45, 2.75) is 26.6 Å². The van der Waals surface area contributed by atoms with Crippen LogP contribution in [-0.2, 0) is 16.0 Å². The van der Waals surface area contributed by atoms with Crippen LogP contribution < -0.4 is 4.74 Å². The van der Waals surface area contributed by atoms with E-state index in [1.165, 1.54) is 0 Å². The predicted molar refractivity (Wildman–Crippen MR) is 72.6 cm³/mol. The van der Waals surface area contributed by atoms with Gasteiger partial charge in [-0.3, -0.25) is 0 Å². The van der Waals surface area contributed by atoms with Crippen LogP contribution in [0.2, 0.25) is 0 Å². The first-order valence-corrected chi connectivity index (χ1v) is 6.25. The maximum absolute atomic E-state index is 8.81. The fourth-order valence-corrected chi connectivity index (χ4v) is 1.56. The molecule has 0 aliphatic carbocycles. The van der Waals surface area contributed by atoms with Gasteiger partial charge in [-0.2, -0.15) is 0 Å². The third kappa shape index (κ3) is 6.07. The van der Waals surface area contributed by atoms with Crippen molar-refractivity contribution in [3.8, 4) is 5.75 Å². The third-order valence-corrected chi connectivity index (χ3v) is 2.75. The fourth-order valence-electron chi connectivity index (χ4n) is 1.56. The van der Waals surface area contributed by atoms with Crippen molar-refractivity contribution in [2.75, 3.05) is 13.7 Å². The van der Waals surface area contributed by atoms with E-state index in [1.807, 2.05) is 38.1 Å². The number of ether oxygens (including phenoxy) is 2. The molecular weight excluding hydrogens is 247 g/mol. The minimum atomic E-state index is -1.77. The highest BCUT2D eigenvalue weighted by Crippen LogP contribution is 2.13. The summed E-state index contributed by atoms with van der Waals surface area (Å²) in [4.78, 5) is 0. The Balaban J connectivity index is 2.38. The molecule has 0 radical (unpaired) electrons. The number of hydrogen-bond donors (Lipinski definition) is 2. The SMILES string of the molecule is COc1ccc(COCC(OB(O)O)C(C)C)cc1. The Morgan fingerprint density at radius 2 is 1.79 bits per heavy atom. The van der Waals surface area contributed by atoms with Crippen LogP contribution in [0.3, 0.4) is 0 Å². The lowest BCUT2D eigenvalue weighted by atomic mass is 10.1. The molecule has 2 N–H and O–H groups in total. The summed E-state index contributed by atoms with van der Waals surface area (Å²) in [7, 11) is -0.145. The number of rotatable bonds is 8. The second kappa shape index (κ2) is 8.17. The Morgan fingerprint density at radius 3 is 2.26 bits per heavy atom. The molecule has 0 aliphatic heterocycles. The van der Waals surface area contributed by atoms with Gasteiger partial charge < -0.3 is 24.2 Å². The highest BCUT2D eigenvalue weighted by Gasteiger charge is 2.21. The number of methoxy groups -OCH3 is 1. The molecule has 1 aromatic carbocycles. The number of hydrogen-bond acceptors (Lipinski definition) is 5. The molecule has 106 valence electrons. The van der Waals surface area contributed by atoms with Crippen LogP contribution >= 0.6 is 0 Å². The lowest BCUT2D eigenvalue weighted by molar-refractivity contribution is -0.00313. The molecule has 19 heavy (non-hydrogen) atoms. The molecule has 1 rings (SSSR count). The zero-order chi connectivity index (χ0) is 14.3. The minimum absolute atomic E-state index is 0.137. The summed E-state index contributed by atoms with van der Waals surface area (Å²) >= 11 is 0. The van der Waals surface area contributed by atoms with Crippen molar-refractivity contribution in [3.05, 3.63) is 29.8 Å². The minimum Gasteiger partial charge on any atom is -0.497 e. The molecule has 1 unspecified atom stereocenters. The van der Waals surface area contributed by atoms with Crippen LogP contribution in [0.5, 0.6) is 5.75 Å². The highest BCUT2D eigenvalue weighted by molar-refractivity contribution is 6.32. The van der Waals surface area contributed by atoms with E-state index in [-0.39, 0.29) is 12.0 Å². The first-order valence-electron chi connectivity index (χ1n) is 6.25. The van der Waals surface area contributed by atoms with Crippen LogP contribution in [0.1, 0.15) is 19.4 Å². The lowest BCUT2D eigenvalue weighted by Crippen LogP contribution is -2.33. The van der Waals surface area contributed by atoms with Gasteiger partial charge >= 0.3 is 7.32 Å². The van der Waals surface area contributed by atoms with Crippen molar-refractivity contribution in [2.24, 2.45) is 5.92 Å². The standard InChI is InChI=1S/C13H21BO5/c1-10(2)13(19-14(15)16)9-18-8-11-4-6-12(17-3)7-5-11/h4-7,10,13,15-16H,8-9H2,1-3H3. The second-order valence-corrected chi connectivity index (χ2v) is 4.61. The van der Waals surface area contributed by atoms with Crippen LogP contribution in [0.25, 0.3) is 0 Å². The van der Waals surface area contributed by atoms with E-state index in [9.17, 15) is 0 Å². The summed E-state index contributed by atoms with van der Waals surface area (Å²) in [6.45, 7) is 4.62. The molecule has 1 aromatic rings. The molecule has 0 aromatic heterocycles. The lowest BCUT2D eigenvalue weighted by Gasteiger charge is -2.21. The fraction of sp³-hybridized carbons (Fsp3) is 0.538. The topological polar surface area (TPSA) is 68.2 Å². The van der Waals surface area contributed by atoms with E-state index in [0.717, 1.165) is 11.3 Å². The van der Waals surface area contributed by atoms with Gasteiger partial charge in [0.25, 0.3) is 0 Å². The van der Waals surface area contributed by atoms with Crippen LogP contribution in [0, 0.1) is 5.92 Å². The maximum atomic E-state index is 8.81. The van der Waals surface area contributed by atoms with Gasteiger partial charge in [0.05, 0.1) is 26.4 Å². The van der Waals surface area contributed by atoms with Gasteiger partial charge in [-0.05, 0) is 23.6 Å². The quantitative estimate of drug-likeness (QED) is 0.694. The Bertz CT molecular complexity index is 353. The summed E-state index contributed by atoms with van der Waals surface area (Å²) in [6, 6.07) is 7.58. The van der Waals surface area contributed by atoms with E-state index >= 15 is 0 Å². The molecule has 0 bridgehead atoms. The molecule has 6 heteroatoms. The van der Waals surface area contributed by atoms with Crippen LogP contribution in [-0.4, -0.2) is 37.2 Å². The van der Waals surface area contributed by atoms with Gasteiger partial charge in [0.2, 0.25) is 0 Å². The predicted octanol–water partition coefficient (Wildman–Crippen LogP) is 1.22. The van der Waals surface area contributed by atoms with Gasteiger partial charge in [-0.25, -0.2) is 0 Å². The first kappa shape index (κ1) is 16.0. The molecule has 0 amide bonds. The highest BCUT2D eigenvalue weighted by atomic mass is 16.6. The van der Waals surface area contributed by atoms with Gasteiger partial charge in [0, 0.05) is 0 Å². The van der Waals surface area contributed by atoms with Crippen LogP contribution in [0.15, 0.2) is 24.3 Å². The average molecular weight is 268 g/mol. The van der Waals surface area contributed by atoms with Crippen molar-refractivity contribution in [1.29, 1.82) is 0 Å². The molecule has 5 nitrogen and oxygen atoms in total. The molecule has 0 heterocycles. The van der Waals surface area contributed by atoms with Gasteiger partial charge in [0.15, 0.2) is 0 Å². The normalized spacial score (nSPS) is 12.5. The first-order chi connectivity index (χ1) is 9.02. The summed E-state index contributed by atoms with van der Waals surface area (Å²) < 4.78 is 15.6. The second-order valence-electron chi connectivity index (χ2n) is 4.61. The maximum Gasteiger partial charge on any atom is 0.634 e. The van der Waals surface area contributed by atoms with E-state index in [0.29, 0.717) is 13.2 Å². The zero-order valence-electron chi connectivity index (χ0n) is 11.6. The molecule has 0 saturated carbocycles. The Kier molecular flexibility index (Phi) is 6.87. The summed E-state index contributed by atoms with van der Waals surface area (Å²) in [6.07, 6.45) is -0.349. The van der Waals surface area contributed by atoms with E-state index in [4.69, 9.17) is 24.2 Å². The Labute approximate surface area is 114 Å².